The standard InChI is InChI=1S/C51H37N5/c1-6-16-34(17-7-1)47-40-26-27-41(53-40)48(35-18-8-2-9-19-35)43-30-31-45(55-43)50(37-22-12-4-13-23-37)51-38(33-52-39-24-14-5-15-25-39)32-46(56-51)49(36-20-10-3-11-21-36)44-29-28-42(47)54-44/h1-32,52,54-55H,33H2. The van der Waals surface area contributed by atoms with E-state index in [1.807, 2.05) is 6.07 Å². The molecule has 0 spiro atoms. The second-order valence-corrected chi connectivity index (χ2v) is 14.0. The van der Waals surface area contributed by atoms with E-state index in [0.29, 0.717) is 6.54 Å². The molecule has 10 rings (SSSR count). The first-order chi connectivity index (χ1) is 27.8. The van der Waals surface area contributed by atoms with Crippen LogP contribution in [0.2, 0.25) is 0 Å². The molecule has 0 saturated carbocycles. The summed E-state index contributed by atoms with van der Waals surface area (Å²) < 4.78 is 0. The minimum Gasteiger partial charge on any atom is -0.381 e. The van der Waals surface area contributed by atoms with Gasteiger partial charge in [-0.1, -0.05) is 140 Å². The Morgan fingerprint density at radius 3 is 1.20 bits per heavy atom. The Balaban J connectivity index is 1.37. The summed E-state index contributed by atoms with van der Waals surface area (Å²) in [6, 6.07) is 61.3. The van der Waals surface area contributed by atoms with Crippen LogP contribution in [0.5, 0.6) is 0 Å². The monoisotopic (exact) mass is 719 g/mol. The number of hydrogen-bond acceptors (Lipinski definition) is 3. The van der Waals surface area contributed by atoms with Crippen LogP contribution in [0.25, 0.3) is 90.4 Å². The maximum absolute atomic E-state index is 5.62. The number of hydrogen-bond donors (Lipinski definition) is 3. The largest absolute Gasteiger partial charge is 0.381 e. The van der Waals surface area contributed by atoms with Gasteiger partial charge >= 0.3 is 0 Å². The van der Waals surface area contributed by atoms with Crippen LogP contribution < -0.4 is 5.32 Å². The highest BCUT2D eigenvalue weighted by Crippen LogP contribution is 2.40. The molecule has 0 fully saturated rings. The van der Waals surface area contributed by atoms with E-state index in [-0.39, 0.29) is 0 Å². The lowest BCUT2D eigenvalue weighted by Gasteiger charge is -2.11. The molecule has 3 N–H and O–H groups in total. The van der Waals surface area contributed by atoms with Crippen LogP contribution in [0.4, 0.5) is 5.69 Å². The van der Waals surface area contributed by atoms with Crippen LogP contribution in [-0.2, 0) is 0 Å². The fourth-order valence-corrected chi connectivity index (χ4v) is 7.87. The Bertz CT molecular complexity index is 2930. The minimum absolute atomic E-state index is 0.585. The topological polar surface area (TPSA) is 69.4 Å². The number of H-pyrrole nitrogens is 2. The molecule has 0 amide bonds. The lowest BCUT2D eigenvalue weighted by molar-refractivity contribution is 1.27. The first-order valence-corrected chi connectivity index (χ1v) is 19.0. The van der Waals surface area contributed by atoms with Gasteiger partial charge in [-0.05, 0) is 82.5 Å². The third-order valence-corrected chi connectivity index (χ3v) is 10.4. The van der Waals surface area contributed by atoms with Gasteiger partial charge in [-0.3, -0.25) is 0 Å². The summed E-state index contributed by atoms with van der Waals surface area (Å²) in [6.07, 6.45) is 6.54. The number of aromatic amines is 2. The predicted molar refractivity (Wildman–Crippen MR) is 234 cm³/mol. The van der Waals surface area contributed by atoms with Crippen LogP contribution in [0.1, 0.15) is 22.8 Å². The summed E-state index contributed by atoms with van der Waals surface area (Å²) in [5.74, 6) is 0. The molecule has 5 heteroatoms. The van der Waals surface area contributed by atoms with Gasteiger partial charge < -0.3 is 15.3 Å². The van der Waals surface area contributed by atoms with E-state index in [1.165, 1.54) is 0 Å². The van der Waals surface area contributed by atoms with Crippen molar-refractivity contribution in [3.63, 3.8) is 0 Å². The zero-order chi connectivity index (χ0) is 37.3. The molecule has 0 saturated heterocycles. The molecular weight excluding hydrogens is 683 g/mol. The molecular formula is C51H37N5. The average Bonchev–Trinajstić information content (AvgIpc) is 4.10. The number of anilines is 1. The zero-order valence-electron chi connectivity index (χ0n) is 30.6. The highest BCUT2D eigenvalue weighted by molar-refractivity contribution is 6.02. The Morgan fingerprint density at radius 2 is 0.750 bits per heavy atom. The van der Waals surface area contributed by atoms with Crippen molar-refractivity contribution in [3.8, 4) is 44.5 Å². The zero-order valence-corrected chi connectivity index (χ0v) is 30.6. The molecule has 56 heavy (non-hydrogen) atoms. The van der Waals surface area contributed by atoms with Crippen molar-refractivity contribution >= 4 is 51.6 Å². The molecule has 5 heterocycles. The smallest absolute Gasteiger partial charge is 0.0787 e. The maximum Gasteiger partial charge on any atom is 0.0787 e. The summed E-state index contributed by atoms with van der Waals surface area (Å²) in [7, 11) is 0. The number of nitrogens with zero attached hydrogens (tertiary/aromatic N) is 2. The van der Waals surface area contributed by atoms with E-state index in [1.54, 1.807) is 0 Å². The van der Waals surface area contributed by atoms with Crippen molar-refractivity contribution in [2.45, 2.75) is 0 Å². The van der Waals surface area contributed by atoms with Gasteiger partial charge in [0.05, 0.1) is 22.8 Å². The first kappa shape index (κ1) is 33.1. The first-order valence-electron chi connectivity index (χ1n) is 19.0. The number of fused-ring (bicyclic) bond motifs is 8. The van der Waals surface area contributed by atoms with Crippen molar-refractivity contribution in [1.82, 2.24) is 19.9 Å². The Labute approximate surface area is 325 Å². The fraction of sp³-hybridized carbons (Fsp3) is 0.0196. The van der Waals surface area contributed by atoms with Gasteiger partial charge in [-0.15, -0.1) is 0 Å². The molecule has 0 unspecified atom stereocenters. The lowest BCUT2D eigenvalue weighted by atomic mass is 9.99. The van der Waals surface area contributed by atoms with Gasteiger partial charge in [0.1, 0.15) is 0 Å². The quantitative estimate of drug-likeness (QED) is 0.154. The van der Waals surface area contributed by atoms with E-state index in [4.69, 9.17) is 9.97 Å². The molecule has 2 aliphatic rings. The second-order valence-electron chi connectivity index (χ2n) is 14.0. The summed E-state index contributed by atoms with van der Waals surface area (Å²) in [4.78, 5) is 18.8. The third-order valence-electron chi connectivity index (χ3n) is 10.4. The number of rotatable bonds is 7. The number of para-hydroxylation sites is 1. The molecule has 3 aromatic heterocycles. The lowest BCUT2D eigenvalue weighted by Crippen LogP contribution is -2.04. The Kier molecular flexibility index (Phi) is 8.50. The van der Waals surface area contributed by atoms with Gasteiger partial charge in [-0.25, -0.2) is 9.97 Å². The van der Waals surface area contributed by atoms with Gasteiger partial charge in [0.2, 0.25) is 0 Å². The van der Waals surface area contributed by atoms with Crippen molar-refractivity contribution in [1.29, 1.82) is 0 Å². The summed E-state index contributed by atoms with van der Waals surface area (Å²) in [6.45, 7) is 0.585. The minimum atomic E-state index is 0.585. The van der Waals surface area contributed by atoms with Gasteiger partial charge in [-0.2, -0.15) is 0 Å². The van der Waals surface area contributed by atoms with Gasteiger partial charge in [0, 0.05) is 56.6 Å². The molecule has 266 valence electrons. The summed E-state index contributed by atoms with van der Waals surface area (Å²) in [5.41, 5.74) is 18.1. The number of aromatic nitrogens is 4. The van der Waals surface area contributed by atoms with Gasteiger partial charge in [0.25, 0.3) is 0 Å². The molecule has 2 aliphatic heterocycles. The molecule has 8 bridgehead atoms. The van der Waals surface area contributed by atoms with E-state index < -0.39 is 0 Å². The molecule has 0 radical (unpaired) electrons. The molecule has 0 atom stereocenters. The molecule has 5 nitrogen and oxygen atoms in total. The highest BCUT2D eigenvalue weighted by atomic mass is 14.9. The number of benzene rings is 5. The summed E-state index contributed by atoms with van der Waals surface area (Å²) in [5, 5.41) is 3.69. The van der Waals surface area contributed by atoms with Crippen LogP contribution in [-0.4, -0.2) is 26.5 Å². The average molecular weight is 720 g/mol. The van der Waals surface area contributed by atoms with E-state index in [2.05, 4.69) is 203 Å². The van der Waals surface area contributed by atoms with E-state index in [9.17, 15) is 0 Å². The fourth-order valence-electron chi connectivity index (χ4n) is 7.87. The second kappa shape index (κ2) is 14.4. The van der Waals surface area contributed by atoms with Crippen LogP contribution in [0.3, 0.4) is 0 Å². The van der Waals surface area contributed by atoms with Crippen LogP contribution >= 0.6 is 0 Å². The van der Waals surface area contributed by atoms with Crippen LogP contribution in [0.15, 0.2) is 176 Å². The van der Waals surface area contributed by atoms with Crippen molar-refractivity contribution < 1.29 is 0 Å². The molecule has 8 aromatic rings. The third kappa shape index (κ3) is 6.21. The summed E-state index contributed by atoms with van der Waals surface area (Å²) >= 11 is 0. The van der Waals surface area contributed by atoms with Crippen molar-refractivity contribution in [2.24, 2.45) is 0 Å². The SMILES string of the molecule is C1=Cc2nc1c(-c1ccccc1)c1ccc([nH]1)c(-c1ccccc1)c1nc(c(-c3ccccc3)c3ccc([nH]3)c2-c2ccccc2)C(CNc2ccccc2)=C1. The number of nitrogens with one attached hydrogen (secondary N) is 3. The highest BCUT2D eigenvalue weighted by Gasteiger charge is 2.22. The maximum atomic E-state index is 5.62. The normalized spacial score (nSPS) is 12.0. The van der Waals surface area contributed by atoms with Crippen LogP contribution in [0, 0.1) is 0 Å². The van der Waals surface area contributed by atoms with Gasteiger partial charge in [0.15, 0.2) is 0 Å². The molecule has 0 aliphatic carbocycles. The van der Waals surface area contributed by atoms with Crippen molar-refractivity contribution in [2.75, 3.05) is 11.9 Å². The van der Waals surface area contributed by atoms with E-state index >= 15 is 0 Å². The molecule has 5 aromatic carbocycles. The predicted octanol–water partition coefficient (Wildman–Crippen LogP) is 12.8. The van der Waals surface area contributed by atoms with Crippen molar-refractivity contribution in [3.05, 3.63) is 199 Å². The Hall–Kier alpha value is -7.50. The Morgan fingerprint density at radius 1 is 0.375 bits per heavy atom. The van der Waals surface area contributed by atoms with E-state index in [0.717, 1.165) is 101 Å².